The van der Waals surface area contributed by atoms with Crippen LogP contribution >= 0.6 is 0 Å². The first-order valence-corrected chi connectivity index (χ1v) is 11.9. The minimum Gasteiger partial charge on any atom is -0.490 e. The highest BCUT2D eigenvalue weighted by atomic mass is 32.2. The van der Waals surface area contributed by atoms with Gasteiger partial charge in [0.05, 0.1) is 4.91 Å². The van der Waals surface area contributed by atoms with Gasteiger partial charge in [0.15, 0.2) is 11.0 Å². The Morgan fingerprint density at radius 3 is 2.52 bits per heavy atom. The summed E-state index contributed by atoms with van der Waals surface area (Å²) in [6.45, 7) is 2.16. The van der Waals surface area contributed by atoms with Crippen molar-refractivity contribution in [3.05, 3.63) is 65.2 Å². The van der Waals surface area contributed by atoms with E-state index in [0.29, 0.717) is 4.91 Å². The lowest BCUT2D eigenvalue weighted by Gasteiger charge is -2.30. The summed E-state index contributed by atoms with van der Waals surface area (Å²) in [6, 6.07) is 13.7. The number of benzene rings is 2. The van der Waals surface area contributed by atoms with Crippen LogP contribution < -0.4 is 14.2 Å². The molecule has 2 atom stereocenters. The van der Waals surface area contributed by atoms with Crippen molar-refractivity contribution in [3.63, 3.8) is 0 Å². The van der Waals surface area contributed by atoms with Crippen LogP contribution in [0.15, 0.2) is 48.5 Å². The molecule has 0 aromatic heterocycles. The fraction of sp³-hybridized carbons (Fsp3) is 0.375. The Kier molecular flexibility index (Phi) is 5.54. The maximum atomic E-state index is 11.9. The number of carbonyl (C=O) groups is 1. The van der Waals surface area contributed by atoms with E-state index in [1.54, 1.807) is 0 Å². The molecule has 2 aromatic rings. The molecule has 1 aliphatic carbocycles. The van der Waals surface area contributed by atoms with Crippen LogP contribution in [0, 0.1) is 0 Å². The van der Waals surface area contributed by atoms with Crippen LogP contribution in [-0.2, 0) is 22.2 Å². The smallest absolute Gasteiger partial charge is 0.257 e. The summed E-state index contributed by atoms with van der Waals surface area (Å²) in [7, 11) is 0.672. The van der Waals surface area contributed by atoms with Crippen molar-refractivity contribution in [3.8, 4) is 11.5 Å². The number of hydrogen-bond donors (Lipinski definition) is 1. The Balaban J connectivity index is 1.28. The van der Waals surface area contributed by atoms with Gasteiger partial charge in [0.1, 0.15) is 23.7 Å². The summed E-state index contributed by atoms with van der Waals surface area (Å²) in [5.74, 6) is 1.43. The van der Waals surface area contributed by atoms with E-state index in [9.17, 15) is 9.00 Å². The molecule has 5 rings (SSSR count). The summed E-state index contributed by atoms with van der Waals surface area (Å²) in [5, 5.41) is 0. The summed E-state index contributed by atoms with van der Waals surface area (Å²) in [5.41, 5.74) is 3.22. The lowest BCUT2D eigenvalue weighted by molar-refractivity contribution is -0.114. The minimum absolute atomic E-state index is 0.00929. The average Bonchev–Trinajstić information content (AvgIpc) is 3.33. The van der Waals surface area contributed by atoms with E-state index in [-0.39, 0.29) is 18.1 Å². The Morgan fingerprint density at radius 1 is 1.03 bits per heavy atom. The van der Waals surface area contributed by atoms with Crippen molar-refractivity contribution in [1.29, 1.82) is 0 Å². The highest BCUT2D eigenvalue weighted by Gasteiger charge is 2.28. The van der Waals surface area contributed by atoms with Gasteiger partial charge in [0, 0.05) is 24.7 Å². The number of fused-ring (bicyclic) bond motifs is 1. The van der Waals surface area contributed by atoms with Crippen LogP contribution in [-0.4, -0.2) is 41.3 Å². The first-order valence-electron chi connectivity index (χ1n) is 10.7. The number of likely N-dealkylation sites (tertiary alicyclic amines) is 1. The number of nitrogens with one attached hydrogen (secondary N) is 1. The molecule has 2 heterocycles. The van der Waals surface area contributed by atoms with E-state index in [1.807, 2.05) is 24.3 Å². The second-order valence-electron chi connectivity index (χ2n) is 8.36. The predicted octanol–water partition coefficient (Wildman–Crippen LogP) is 3.36. The maximum Gasteiger partial charge on any atom is 0.257 e. The molecule has 162 valence electrons. The number of hydrogen-bond acceptors (Lipinski definition) is 5. The SMILES string of the molecule is CN1CCC(Oc2cccc3c2CCC3Oc2ccc(C3=CC(=O)NS3=O)cc2)CC1. The van der Waals surface area contributed by atoms with Crippen molar-refractivity contribution in [1.82, 2.24) is 9.62 Å². The molecule has 2 aromatic carbocycles. The highest BCUT2D eigenvalue weighted by molar-refractivity contribution is 7.93. The van der Waals surface area contributed by atoms with Gasteiger partial charge in [0.2, 0.25) is 0 Å². The first-order chi connectivity index (χ1) is 15.1. The van der Waals surface area contributed by atoms with E-state index in [2.05, 4.69) is 34.9 Å². The zero-order valence-electron chi connectivity index (χ0n) is 17.5. The number of rotatable bonds is 5. The molecular formula is C24H26N2O4S. The second kappa shape index (κ2) is 8.48. The van der Waals surface area contributed by atoms with Crippen LogP contribution in [0.4, 0.5) is 0 Å². The minimum atomic E-state index is -1.49. The largest absolute Gasteiger partial charge is 0.490 e. The van der Waals surface area contributed by atoms with Gasteiger partial charge < -0.3 is 14.4 Å². The Morgan fingerprint density at radius 2 is 1.81 bits per heavy atom. The molecule has 1 N–H and O–H groups in total. The summed E-state index contributed by atoms with van der Waals surface area (Å²) >= 11 is 0. The quantitative estimate of drug-likeness (QED) is 0.775. The fourth-order valence-electron chi connectivity index (χ4n) is 4.50. The third kappa shape index (κ3) is 4.25. The van der Waals surface area contributed by atoms with Crippen molar-refractivity contribution in [2.45, 2.75) is 37.9 Å². The van der Waals surface area contributed by atoms with Crippen LogP contribution in [0.3, 0.4) is 0 Å². The summed E-state index contributed by atoms with van der Waals surface area (Å²) < 4.78 is 27.0. The molecule has 3 aliphatic rings. The second-order valence-corrected chi connectivity index (χ2v) is 9.54. The number of carbonyl (C=O) groups excluding carboxylic acids is 1. The van der Waals surface area contributed by atoms with Crippen molar-refractivity contribution >= 4 is 21.8 Å². The molecule has 1 fully saturated rings. The monoisotopic (exact) mass is 438 g/mol. The topological polar surface area (TPSA) is 67.9 Å². The molecule has 0 bridgehead atoms. The number of ether oxygens (including phenoxy) is 2. The van der Waals surface area contributed by atoms with E-state index in [0.717, 1.165) is 55.8 Å². The van der Waals surface area contributed by atoms with Crippen molar-refractivity contribution in [2.75, 3.05) is 20.1 Å². The van der Waals surface area contributed by atoms with Crippen molar-refractivity contribution < 1.29 is 18.5 Å². The Hall–Kier alpha value is -2.64. The van der Waals surface area contributed by atoms with E-state index < -0.39 is 11.0 Å². The predicted molar refractivity (Wildman–Crippen MR) is 120 cm³/mol. The molecular weight excluding hydrogens is 412 g/mol. The molecule has 31 heavy (non-hydrogen) atoms. The normalized spacial score (nSPS) is 23.9. The highest BCUT2D eigenvalue weighted by Crippen LogP contribution is 2.40. The van der Waals surface area contributed by atoms with Gasteiger partial charge in [-0.2, -0.15) is 0 Å². The van der Waals surface area contributed by atoms with Gasteiger partial charge >= 0.3 is 0 Å². The first kappa shape index (κ1) is 20.3. The fourth-order valence-corrected chi connectivity index (χ4v) is 5.41. The molecule has 2 aliphatic heterocycles. The van der Waals surface area contributed by atoms with Gasteiger partial charge in [-0.3, -0.25) is 9.52 Å². The Labute approximate surface area is 184 Å². The average molecular weight is 439 g/mol. The standard InChI is InChI=1S/C24H26N2O4S/c1-26-13-11-18(12-14-26)30-21-4-2-3-19-20(21)9-10-22(19)29-17-7-5-16(6-8-17)23-15-24(27)25-31(23)28/h2-8,15,18,22H,9-14H2,1H3,(H,25,27). The molecule has 0 spiro atoms. The number of piperidine rings is 1. The number of nitrogens with zero attached hydrogens (tertiary/aromatic N) is 1. The molecule has 2 unspecified atom stereocenters. The van der Waals surface area contributed by atoms with Gasteiger partial charge in [-0.1, -0.05) is 24.3 Å². The molecule has 0 radical (unpaired) electrons. The molecule has 6 nitrogen and oxygen atoms in total. The van der Waals surface area contributed by atoms with Crippen LogP contribution in [0.1, 0.15) is 42.1 Å². The summed E-state index contributed by atoms with van der Waals surface area (Å²) in [6.07, 6.45) is 5.64. The van der Waals surface area contributed by atoms with Crippen LogP contribution in [0.5, 0.6) is 11.5 Å². The third-order valence-electron chi connectivity index (χ3n) is 6.20. The molecule has 0 saturated carbocycles. The van der Waals surface area contributed by atoms with E-state index in [4.69, 9.17) is 9.47 Å². The Bertz CT molecular complexity index is 1040. The number of amides is 1. The summed E-state index contributed by atoms with van der Waals surface area (Å²) in [4.78, 5) is 14.2. The van der Waals surface area contributed by atoms with Crippen LogP contribution in [0.25, 0.3) is 4.91 Å². The van der Waals surface area contributed by atoms with Gasteiger partial charge in [-0.15, -0.1) is 0 Å². The maximum absolute atomic E-state index is 11.9. The van der Waals surface area contributed by atoms with Gasteiger partial charge in [0.25, 0.3) is 5.91 Å². The zero-order chi connectivity index (χ0) is 21.4. The molecule has 1 saturated heterocycles. The zero-order valence-corrected chi connectivity index (χ0v) is 18.3. The van der Waals surface area contributed by atoms with E-state index in [1.165, 1.54) is 17.2 Å². The molecule has 7 heteroatoms. The third-order valence-corrected chi connectivity index (χ3v) is 7.34. The molecule has 1 amide bonds. The lowest BCUT2D eigenvalue weighted by Crippen LogP contribution is -2.35. The van der Waals surface area contributed by atoms with E-state index >= 15 is 0 Å². The van der Waals surface area contributed by atoms with Gasteiger partial charge in [-0.25, -0.2) is 4.21 Å². The van der Waals surface area contributed by atoms with Gasteiger partial charge in [-0.05, 0) is 62.1 Å². The van der Waals surface area contributed by atoms with Crippen LogP contribution in [0.2, 0.25) is 0 Å². The lowest BCUT2D eigenvalue weighted by atomic mass is 10.1. The van der Waals surface area contributed by atoms with Crippen molar-refractivity contribution in [2.24, 2.45) is 0 Å².